The number of benzene rings is 4. The fourth-order valence-electron chi connectivity index (χ4n) is 3.52. The van der Waals surface area contributed by atoms with Crippen LogP contribution in [0.1, 0.15) is 0 Å². The predicted molar refractivity (Wildman–Crippen MR) is 101 cm³/mol. The van der Waals surface area contributed by atoms with E-state index in [9.17, 15) is 44.0 Å². The van der Waals surface area contributed by atoms with Crippen molar-refractivity contribution in [3.63, 3.8) is 0 Å². The van der Waals surface area contributed by atoms with Gasteiger partial charge in [0.15, 0.2) is 0 Å². The van der Waals surface area contributed by atoms with E-state index in [-0.39, 0.29) is 26.9 Å². The Kier molecular flexibility index (Phi) is 3.91. The van der Waals surface area contributed by atoms with Gasteiger partial charge >= 0.3 is 0 Å². The molecule has 13 heteroatoms. The lowest BCUT2D eigenvalue weighted by Crippen LogP contribution is -2.06. The van der Waals surface area contributed by atoms with E-state index in [0.29, 0.717) is 0 Å². The first-order chi connectivity index (χ1) is 13.2. The second-order valence-corrected chi connectivity index (χ2v) is 10.4. The fraction of sp³-hybridized carbons (Fsp3) is 0. The molecular formula is C16H10O10S3. The minimum atomic E-state index is -4.90. The van der Waals surface area contributed by atoms with Gasteiger partial charge in [0.25, 0.3) is 30.4 Å². The SMILES string of the molecule is O=S(=O)(O)c1cc2c(S(=O)(=O)O)ccc3c(S(=O)(=O)O)cc4c(O)ccc1c4c32. The maximum absolute atomic E-state index is 11.9. The molecule has 0 aliphatic rings. The summed E-state index contributed by atoms with van der Waals surface area (Å²) in [6, 6.07) is 5.72. The molecule has 152 valence electrons. The van der Waals surface area contributed by atoms with Gasteiger partial charge in [0, 0.05) is 32.3 Å². The van der Waals surface area contributed by atoms with Crippen molar-refractivity contribution in [1.82, 2.24) is 0 Å². The Balaban J connectivity index is 2.51. The van der Waals surface area contributed by atoms with Crippen LogP contribution in [-0.4, -0.2) is 44.0 Å². The van der Waals surface area contributed by atoms with Crippen molar-refractivity contribution in [3.8, 4) is 5.75 Å². The third-order valence-corrected chi connectivity index (χ3v) is 7.29. The number of rotatable bonds is 3. The van der Waals surface area contributed by atoms with Gasteiger partial charge in [-0.15, -0.1) is 0 Å². The molecule has 0 saturated carbocycles. The molecule has 29 heavy (non-hydrogen) atoms. The molecular weight excluding hydrogens is 448 g/mol. The van der Waals surface area contributed by atoms with Crippen LogP contribution < -0.4 is 0 Å². The molecule has 0 aliphatic heterocycles. The van der Waals surface area contributed by atoms with Gasteiger partial charge < -0.3 is 5.11 Å². The second kappa shape index (κ2) is 5.75. The first-order valence-electron chi connectivity index (χ1n) is 7.61. The zero-order chi connectivity index (χ0) is 21.5. The topological polar surface area (TPSA) is 183 Å². The Bertz CT molecular complexity index is 1670. The molecule has 4 rings (SSSR count). The number of hydrogen-bond donors (Lipinski definition) is 4. The third kappa shape index (κ3) is 2.90. The van der Waals surface area contributed by atoms with Gasteiger partial charge in [-0.25, -0.2) is 0 Å². The van der Waals surface area contributed by atoms with E-state index in [1.54, 1.807) is 0 Å². The molecule has 0 fully saturated rings. The van der Waals surface area contributed by atoms with Crippen molar-refractivity contribution in [1.29, 1.82) is 0 Å². The van der Waals surface area contributed by atoms with Gasteiger partial charge in [0.05, 0.1) is 0 Å². The van der Waals surface area contributed by atoms with E-state index in [4.69, 9.17) is 0 Å². The van der Waals surface area contributed by atoms with E-state index in [1.165, 1.54) is 0 Å². The molecule has 0 heterocycles. The highest BCUT2D eigenvalue weighted by molar-refractivity contribution is 7.86. The highest BCUT2D eigenvalue weighted by Crippen LogP contribution is 2.45. The summed E-state index contributed by atoms with van der Waals surface area (Å²) in [4.78, 5) is -2.14. The summed E-state index contributed by atoms with van der Waals surface area (Å²) in [5, 5.41) is 9.02. The maximum atomic E-state index is 11.9. The molecule has 0 radical (unpaired) electrons. The van der Waals surface area contributed by atoms with Gasteiger partial charge in [-0.3, -0.25) is 13.7 Å². The van der Waals surface area contributed by atoms with Crippen LogP contribution >= 0.6 is 0 Å². The first-order valence-corrected chi connectivity index (χ1v) is 11.9. The van der Waals surface area contributed by atoms with Gasteiger partial charge in [0.2, 0.25) is 0 Å². The minimum absolute atomic E-state index is 0.0805. The summed E-state index contributed by atoms with van der Waals surface area (Å²) >= 11 is 0. The van der Waals surface area contributed by atoms with Gasteiger partial charge in [-0.05, 0) is 30.3 Å². The van der Waals surface area contributed by atoms with Crippen molar-refractivity contribution in [2.45, 2.75) is 14.7 Å². The highest BCUT2D eigenvalue weighted by atomic mass is 32.2. The zero-order valence-corrected chi connectivity index (χ0v) is 16.4. The quantitative estimate of drug-likeness (QED) is 0.262. The van der Waals surface area contributed by atoms with Crippen molar-refractivity contribution in [2.24, 2.45) is 0 Å². The van der Waals surface area contributed by atoms with E-state index in [0.717, 1.165) is 36.4 Å². The highest BCUT2D eigenvalue weighted by Gasteiger charge is 2.27. The molecule has 0 bridgehead atoms. The lowest BCUT2D eigenvalue weighted by molar-refractivity contribution is 0.479. The smallest absolute Gasteiger partial charge is 0.295 e. The number of phenolic OH excluding ortho intramolecular Hbond substituents is 1. The molecule has 0 unspecified atom stereocenters. The van der Waals surface area contributed by atoms with Crippen LogP contribution in [0, 0.1) is 0 Å². The summed E-state index contributed by atoms with van der Waals surface area (Å²) in [5.74, 6) is -0.490. The summed E-state index contributed by atoms with van der Waals surface area (Å²) in [7, 11) is -14.6. The maximum Gasteiger partial charge on any atom is 0.295 e. The Labute approximate surface area is 163 Å². The van der Waals surface area contributed by atoms with Crippen LogP contribution in [0.3, 0.4) is 0 Å². The molecule has 0 saturated heterocycles. The monoisotopic (exact) mass is 458 g/mol. The van der Waals surface area contributed by atoms with Crippen LogP contribution in [0.5, 0.6) is 5.75 Å². The van der Waals surface area contributed by atoms with Crippen molar-refractivity contribution >= 4 is 62.7 Å². The average Bonchev–Trinajstić information content (AvgIpc) is 2.57. The van der Waals surface area contributed by atoms with Crippen LogP contribution in [0.4, 0.5) is 0 Å². The number of aromatic hydroxyl groups is 1. The number of phenols is 1. The van der Waals surface area contributed by atoms with Crippen LogP contribution in [0.15, 0.2) is 51.1 Å². The lowest BCUT2D eigenvalue weighted by atomic mass is 9.93. The third-order valence-electron chi connectivity index (χ3n) is 4.59. The minimum Gasteiger partial charge on any atom is -0.507 e. The summed E-state index contributed by atoms with van der Waals surface area (Å²) in [5.41, 5.74) is 0. The van der Waals surface area contributed by atoms with E-state index >= 15 is 0 Å². The van der Waals surface area contributed by atoms with Gasteiger partial charge in [0.1, 0.15) is 20.4 Å². The lowest BCUT2D eigenvalue weighted by Gasteiger charge is -2.17. The predicted octanol–water partition coefficient (Wildman–Crippen LogP) is 2.03. The standard InChI is InChI=1S/C16H10O10S3/c17-11-3-1-7-14(29(24,25)26)6-10-12(27(18,19)20)4-2-8-13(28(21,22)23)5-9(11)15(7)16(8)10/h1-6,17H,(H,18,19,20)(H,21,22,23)(H,24,25,26). The molecule has 0 atom stereocenters. The summed E-state index contributed by atoms with van der Waals surface area (Å²) in [6.45, 7) is 0. The normalized spacial score (nSPS) is 13.6. The number of hydrogen-bond acceptors (Lipinski definition) is 7. The molecule has 10 nitrogen and oxygen atoms in total. The van der Waals surface area contributed by atoms with Crippen molar-refractivity contribution < 1.29 is 44.0 Å². The molecule has 4 aromatic carbocycles. The molecule has 0 aliphatic carbocycles. The molecule has 0 amide bonds. The van der Waals surface area contributed by atoms with Crippen LogP contribution in [0.25, 0.3) is 32.3 Å². The summed E-state index contributed by atoms with van der Waals surface area (Å²) in [6.07, 6.45) is 0. The zero-order valence-electron chi connectivity index (χ0n) is 13.9. The Morgan fingerprint density at radius 3 is 1.41 bits per heavy atom. The Morgan fingerprint density at radius 2 is 0.931 bits per heavy atom. The largest absolute Gasteiger partial charge is 0.507 e. The van der Waals surface area contributed by atoms with E-state index in [2.05, 4.69) is 0 Å². The first kappa shape index (κ1) is 19.8. The Morgan fingerprint density at radius 1 is 0.517 bits per heavy atom. The molecule has 4 aromatic rings. The fourth-order valence-corrected chi connectivity index (χ4v) is 5.63. The van der Waals surface area contributed by atoms with E-state index < -0.39 is 56.2 Å². The van der Waals surface area contributed by atoms with E-state index in [1.807, 2.05) is 0 Å². The second-order valence-electron chi connectivity index (χ2n) is 6.26. The van der Waals surface area contributed by atoms with Gasteiger partial charge in [-0.1, -0.05) is 6.07 Å². The average molecular weight is 458 g/mol. The summed E-state index contributed by atoms with van der Waals surface area (Å²) < 4.78 is 99.9. The molecule has 4 N–H and O–H groups in total. The van der Waals surface area contributed by atoms with Gasteiger partial charge in [-0.2, -0.15) is 25.3 Å². The molecule has 0 aromatic heterocycles. The van der Waals surface area contributed by atoms with Crippen LogP contribution in [-0.2, 0) is 30.4 Å². The van der Waals surface area contributed by atoms with Crippen molar-refractivity contribution in [2.75, 3.05) is 0 Å². The van der Waals surface area contributed by atoms with Crippen molar-refractivity contribution in [3.05, 3.63) is 36.4 Å². The molecule has 0 spiro atoms. The van der Waals surface area contributed by atoms with Crippen LogP contribution in [0.2, 0.25) is 0 Å². The Hall–Kier alpha value is -2.55.